The lowest BCUT2D eigenvalue weighted by Gasteiger charge is -2.32. The van der Waals surface area contributed by atoms with Crippen LogP contribution in [0, 0.1) is 5.92 Å². The molecule has 24 heavy (non-hydrogen) atoms. The van der Waals surface area contributed by atoms with E-state index in [0.717, 1.165) is 24.2 Å². The molecule has 0 spiro atoms. The topological polar surface area (TPSA) is 70.7 Å². The van der Waals surface area contributed by atoms with E-state index in [4.69, 9.17) is 4.74 Å². The third kappa shape index (κ3) is 5.15. The zero-order chi connectivity index (χ0) is 17.5. The highest BCUT2D eigenvalue weighted by Crippen LogP contribution is 2.17. The van der Waals surface area contributed by atoms with Crippen LogP contribution in [0.3, 0.4) is 0 Å². The lowest BCUT2D eigenvalue weighted by molar-refractivity contribution is -0.126. The Balaban J connectivity index is 1.86. The van der Waals surface area contributed by atoms with Crippen molar-refractivity contribution in [2.75, 3.05) is 20.2 Å². The van der Waals surface area contributed by atoms with Crippen molar-refractivity contribution in [3.8, 4) is 5.75 Å². The molecule has 1 aliphatic rings. The summed E-state index contributed by atoms with van der Waals surface area (Å²) in [7, 11) is 1.62. The smallest absolute Gasteiger partial charge is 0.317 e. The van der Waals surface area contributed by atoms with Gasteiger partial charge in [0.25, 0.3) is 0 Å². The monoisotopic (exact) mass is 333 g/mol. The van der Waals surface area contributed by atoms with Crippen molar-refractivity contribution >= 4 is 11.9 Å². The average Bonchev–Trinajstić information content (AvgIpc) is 2.59. The molecular weight excluding hydrogens is 306 g/mol. The van der Waals surface area contributed by atoms with E-state index in [-0.39, 0.29) is 23.9 Å². The molecule has 0 unspecified atom stereocenters. The SMILES string of the molecule is COc1cccc(CNC(=O)[C@@H]2CCCN(C(=O)NC(C)C)C2)c1. The highest BCUT2D eigenvalue weighted by Gasteiger charge is 2.28. The number of hydrogen-bond donors (Lipinski definition) is 2. The van der Waals surface area contributed by atoms with Gasteiger partial charge in [-0.25, -0.2) is 4.79 Å². The largest absolute Gasteiger partial charge is 0.497 e. The van der Waals surface area contributed by atoms with Crippen molar-refractivity contribution in [2.45, 2.75) is 39.3 Å². The molecule has 1 aromatic rings. The standard InChI is InChI=1S/C18H27N3O3/c1-13(2)20-18(23)21-9-5-7-15(12-21)17(22)19-11-14-6-4-8-16(10-14)24-3/h4,6,8,10,13,15H,5,7,9,11-12H2,1-3H3,(H,19,22)(H,20,23)/t15-/m1/s1. The second-order valence-corrected chi connectivity index (χ2v) is 6.46. The minimum Gasteiger partial charge on any atom is -0.497 e. The molecule has 0 aliphatic carbocycles. The molecule has 1 fully saturated rings. The van der Waals surface area contributed by atoms with Gasteiger partial charge in [-0.05, 0) is 44.4 Å². The number of piperidine rings is 1. The Labute approximate surface area is 143 Å². The third-order valence-corrected chi connectivity index (χ3v) is 4.09. The van der Waals surface area contributed by atoms with Crippen LogP contribution < -0.4 is 15.4 Å². The number of carbonyl (C=O) groups excluding carboxylic acids is 2. The van der Waals surface area contributed by atoms with Gasteiger partial charge in [0.2, 0.25) is 5.91 Å². The molecule has 0 saturated carbocycles. The number of rotatable bonds is 5. The Morgan fingerprint density at radius 2 is 2.17 bits per heavy atom. The number of urea groups is 1. The highest BCUT2D eigenvalue weighted by molar-refractivity contribution is 5.80. The maximum atomic E-state index is 12.4. The summed E-state index contributed by atoms with van der Waals surface area (Å²) in [6.45, 7) is 5.51. The summed E-state index contributed by atoms with van der Waals surface area (Å²) in [6.07, 6.45) is 1.66. The summed E-state index contributed by atoms with van der Waals surface area (Å²) in [5, 5.41) is 5.85. The zero-order valence-corrected chi connectivity index (χ0v) is 14.7. The molecular formula is C18H27N3O3. The van der Waals surface area contributed by atoms with E-state index in [1.165, 1.54) is 0 Å². The second kappa shape index (κ2) is 8.57. The van der Waals surface area contributed by atoms with E-state index in [1.807, 2.05) is 38.1 Å². The molecule has 1 heterocycles. The van der Waals surface area contributed by atoms with E-state index in [0.29, 0.717) is 19.6 Å². The minimum atomic E-state index is -0.151. The van der Waals surface area contributed by atoms with Gasteiger partial charge in [0.15, 0.2) is 0 Å². The maximum Gasteiger partial charge on any atom is 0.317 e. The normalized spacial score (nSPS) is 17.5. The van der Waals surface area contributed by atoms with Gasteiger partial charge < -0.3 is 20.3 Å². The fourth-order valence-electron chi connectivity index (χ4n) is 2.83. The van der Waals surface area contributed by atoms with E-state index in [2.05, 4.69) is 10.6 Å². The number of ether oxygens (including phenoxy) is 1. The molecule has 6 nitrogen and oxygen atoms in total. The molecule has 1 saturated heterocycles. The predicted molar refractivity (Wildman–Crippen MR) is 92.8 cm³/mol. The van der Waals surface area contributed by atoms with Gasteiger partial charge in [0.1, 0.15) is 5.75 Å². The van der Waals surface area contributed by atoms with Crippen LogP contribution in [0.25, 0.3) is 0 Å². The molecule has 1 aliphatic heterocycles. The quantitative estimate of drug-likeness (QED) is 0.867. The number of nitrogens with zero attached hydrogens (tertiary/aromatic N) is 1. The molecule has 1 atom stereocenters. The summed E-state index contributed by atoms with van der Waals surface area (Å²) in [5.74, 6) is 0.623. The van der Waals surface area contributed by atoms with Crippen LogP contribution in [0.5, 0.6) is 5.75 Å². The zero-order valence-electron chi connectivity index (χ0n) is 14.7. The number of benzene rings is 1. The first-order valence-electron chi connectivity index (χ1n) is 8.45. The van der Waals surface area contributed by atoms with Crippen molar-refractivity contribution in [3.63, 3.8) is 0 Å². The number of carbonyl (C=O) groups is 2. The Bertz CT molecular complexity index is 574. The first-order chi connectivity index (χ1) is 11.5. The van der Waals surface area contributed by atoms with Crippen LogP contribution in [0.15, 0.2) is 24.3 Å². The summed E-state index contributed by atoms with van der Waals surface area (Å²) >= 11 is 0. The van der Waals surface area contributed by atoms with Crippen LogP contribution in [0.1, 0.15) is 32.3 Å². The average molecular weight is 333 g/mol. The van der Waals surface area contributed by atoms with Crippen LogP contribution >= 0.6 is 0 Å². The molecule has 0 bridgehead atoms. The van der Waals surface area contributed by atoms with Gasteiger partial charge in [-0.3, -0.25) is 4.79 Å². The Kier molecular flexibility index (Phi) is 6.46. The molecule has 2 N–H and O–H groups in total. The first kappa shape index (κ1) is 18.1. The summed E-state index contributed by atoms with van der Waals surface area (Å²) in [4.78, 5) is 26.2. The third-order valence-electron chi connectivity index (χ3n) is 4.09. The fourth-order valence-corrected chi connectivity index (χ4v) is 2.83. The number of nitrogens with one attached hydrogen (secondary N) is 2. The Morgan fingerprint density at radius 3 is 2.88 bits per heavy atom. The van der Waals surface area contributed by atoms with Crippen LogP contribution in [0.4, 0.5) is 4.79 Å². The maximum absolute atomic E-state index is 12.4. The predicted octanol–water partition coefficient (Wildman–Crippen LogP) is 2.14. The van der Waals surface area contributed by atoms with Crippen molar-refractivity contribution < 1.29 is 14.3 Å². The Hall–Kier alpha value is -2.24. The van der Waals surface area contributed by atoms with E-state index in [1.54, 1.807) is 12.0 Å². The Morgan fingerprint density at radius 1 is 1.38 bits per heavy atom. The molecule has 3 amide bonds. The second-order valence-electron chi connectivity index (χ2n) is 6.46. The fraction of sp³-hybridized carbons (Fsp3) is 0.556. The minimum absolute atomic E-state index is 0.000123. The van der Waals surface area contributed by atoms with Crippen LogP contribution in [0.2, 0.25) is 0 Å². The van der Waals surface area contributed by atoms with Crippen molar-refractivity contribution in [3.05, 3.63) is 29.8 Å². The first-order valence-corrected chi connectivity index (χ1v) is 8.45. The molecule has 132 valence electrons. The van der Waals surface area contributed by atoms with Gasteiger partial charge in [-0.1, -0.05) is 12.1 Å². The number of likely N-dealkylation sites (tertiary alicyclic amines) is 1. The van der Waals surface area contributed by atoms with Crippen molar-refractivity contribution in [1.82, 2.24) is 15.5 Å². The number of amides is 3. The molecule has 0 radical (unpaired) electrons. The van der Waals surface area contributed by atoms with Gasteiger partial charge in [0.05, 0.1) is 13.0 Å². The molecule has 0 aromatic heterocycles. The number of methoxy groups -OCH3 is 1. The lowest BCUT2D eigenvalue weighted by Crippen LogP contribution is -2.50. The number of hydrogen-bond acceptors (Lipinski definition) is 3. The summed E-state index contributed by atoms with van der Waals surface area (Å²) < 4.78 is 5.19. The van der Waals surface area contributed by atoms with Gasteiger partial charge >= 0.3 is 6.03 Å². The van der Waals surface area contributed by atoms with Crippen molar-refractivity contribution in [2.24, 2.45) is 5.92 Å². The molecule has 1 aromatic carbocycles. The van der Waals surface area contributed by atoms with E-state index in [9.17, 15) is 9.59 Å². The van der Waals surface area contributed by atoms with Gasteiger partial charge in [-0.15, -0.1) is 0 Å². The summed E-state index contributed by atoms with van der Waals surface area (Å²) in [6, 6.07) is 7.64. The van der Waals surface area contributed by atoms with Crippen LogP contribution in [-0.2, 0) is 11.3 Å². The van der Waals surface area contributed by atoms with E-state index < -0.39 is 0 Å². The van der Waals surface area contributed by atoms with Gasteiger partial charge in [0, 0.05) is 25.7 Å². The summed E-state index contributed by atoms with van der Waals surface area (Å²) in [5.41, 5.74) is 0.993. The molecule has 2 rings (SSSR count). The van der Waals surface area contributed by atoms with Crippen LogP contribution in [-0.4, -0.2) is 43.1 Å². The lowest BCUT2D eigenvalue weighted by atomic mass is 9.97. The highest BCUT2D eigenvalue weighted by atomic mass is 16.5. The van der Waals surface area contributed by atoms with Crippen molar-refractivity contribution in [1.29, 1.82) is 0 Å². The molecule has 6 heteroatoms. The van der Waals surface area contributed by atoms with E-state index >= 15 is 0 Å². The van der Waals surface area contributed by atoms with Gasteiger partial charge in [-0.2, -0.15) is 0 Å².